The van der Waals surface area contributed by atoms with Gasteiger partial charge in [0.2, 0.25) is 5.91 Å². The van der Waals surface area contributed by atoms with Crippen LogP contribution in [0.2, 0.25) is 0 Å². The third-order valence-electron chi connectivity index (χ3n) is 4.53. The van der Waals surface area contributed by atoms with Crippen LogP contribution in [-0.2, 0) is 24.2 Å². The number of amides is 1. The van der Waals surface area contributed by atoms with Crippen molar-refractivity contribution in [1.29, 1.82) is 0 Å². The molecular formula is C17H23N5O2. The van der Waals surface area contributed by atoms with Gasteiger partial charge in [-0.2, -0.15) is 0 Å². The zero-order valence-electron chi connectivity index (χ0n) is 13.9. The van der Waals surface area contributed by atoms with Crippen molar-refractivity contribution in [1.82, 2.24) is 24.4 Å². The summed E-state index contributed by atoms with van der Waals surface area (Å²) in [6.45, 7) is 3.65. The number of aliphatic hydroxyl groups excluding tert-OH is 1. The number of β-amino-alcohol motifs (C(OH)–C–C–N with tert-alkyl or cyclic N) is 1. The molecule has 2 atom stereocenters. The molecular weight excluding hydrogens is 306 g/mol. The molecule has 0 unspecified atom stereocenters. The van der Waals surface area contributed by atoms with Crippen molar-refractivity contribution >= 4 is 5.91 Å². The number of carbonyl (C=O) groups excluding carboxylic acids is 1. The lowest BCUT2D eigenvalue weighted by Gasteiger charge is -2.16. The third kappa shape index (κ3) is 3.79. The van der Waals surface area contributed by atoms with Crippen LogP contribution in [0, 0.1) is 5.92 Å². The Bertz CT molecular complexity index is 673. The highest BCUT2D eigenvalue weighted by atomic mass is 16.3. The SMILES string of the molecule is CCc1nccn1CCC(=O)N1C[C@@H](Cc2cnccn2)[C@H](O)C1. The fraction of sp³-hybridized carbons (Fsp3) is 0.529. The summed E-state index contributed by atoms with van der Waals surface area (Å²) in [6, 6.07) is 0. The molecule has 2 aromatic heterocycles. The average molecular weight is 329 g/mol. The van der Waals surface area contributed by atoms with Gasteiger partial charge in [-0.1, -0.05) is 6.92 Å². The van der Waals surface area contributed by atoms with Crippen LogP contribution in [0.3, 0.4) is 0 Å². The van der Waals surface area contributed by atoms with Gasteiger partial charge >= 0.3 is 0 Å². The van der Waals surface area contributed by atoms with Crippen molar-refractivity contribution in [3.8, 4) is 0 Å². The second kappa shape index (κ2) is 7.53. The number of likely N-dealkylation sites (tertiary alicyclic amines) is 1. The Morgan fingerprint density at radius 2 is 2.17 bits per heavy atom. The Hall–Kier alpha value is -2.28. The molecule has 2 aromatic rings. The second-order valence-electron chi connectivity index (χ2n) is 6.17. The van der Waals surface area contributed by atoms with E-state index in [2.05, 4.69) is 21.9 Å². The predicted octanol–water partition coefficient (Wildman–Crippen LogP) is 0.688. The molecule has 0 saturated carbocycles. The van der Waals surface area contributed by atoms with Crippen LogP contribution in [0.4, 0.5) is 0 Å². The first-order chi connectivity index (χ1) is 11.7. The molecule has 7 heteroatoms. The average Bonchev–Trinajstić information content (AvgIpc) is 3.20. The van der Waals surface area contributed by atoms with Gasteiger partial charge in [0.25, 0.3) is 0 Å². The second-order valence-corrected chi connectivity index (χ2v) is 6.17. The normalized spacial score (nSPS) is 20.5. The lowest BCUT2D eigenvalue weighted by Crippen LogP contribution is -2.30. The number of hydrogen-bond donors (Lipinski definition) is 1. The van der Waals surface area contributed by atoms with Gasteiger partial charge in [0.05, 0.1) is 11.8 Å². The summed E-state index contributed by atoms with van der Waals surface area (Å²) in [5, 5.41) is 10.2. The maximum atomic E-state index is 12.4. The zero-order valence-corrected chi connectivity index (χ0v) is 13.9. The minimum absolute atomic E-state index is 0.0186. The van der Waals surface area contributed by atoms with E-state index in [4.69, 9.17) is 0 Å². The molecule has 1 aliphatic heterocycles. The highest BCUT2D eigenvalue weighted by molar-refractivity contribution is 5.76. The van der Waals surface area contributed by atoms with Crippen LogP contribution in [0.5, 0.6) is 0 Å². The summed E-state index contributed by atoms with van der Waals surface area (Å²) >= 11 is 0. The Balaban J connectivity index is 1.53. The number of aromatic nitrogens is 4. The highest BCUT2D eigenvalue weighted by Gasteiger charge is 2.34. The maximum Gasteiger partial charge on any atom is 0.224 e. The lowest BCUT2D eigenvalue weighted by atomic mass is 10.0. The van der Waals surface area contributed by atoms with Crippen LogP contribution < -0.4 is 0 Å². The minimum Gasteiger partial charge on any atom is -0.391 e. The molecule has 3 heterocycles. The Morgan fingerprint density at radius 1 is 1.29 bits per heavy atom. The van der Waals surface area contributed by atoms with Gasteiger partial charge in [0.15, 0.2) is 0 Å². The van der Waals surface area contributed by atoms with E-state index in [0.717, 1.165) is 17.9 Å². The van der Waals surface area contributed by atoms with E-state index in [1.807, 2.05) is 10.8 Å². The first kappa shape index (κ1) is 16.6. The van der Waals surface area contributed by atoms with E-state index in [0.29, 0.717) is 32.5 Å². The summed E-state index contributed by atoms with van der Waals surface area (Å²) < 4.78 is 2.02. The van der Waals surface area contributed by atoms with Crippen LogP contribution in [-0.4, -0.2) is 54.6 Å². The molecule has 0 aliphatic carbocycles. The maximum absolute atomic E-state index is 12.4. The van der Waals surface area contributed by atoms with Gasteiger partial charge < -0.3 is 14.6 Å². The summed E-state index contributed by atoms with van der Waals surface area (Å²) in [7, 11) is 0. The van der Waals surface area contributed by atoms with Gasteiger partial charge in [-0.3, -0.25) is 14.8 Å². The van der Waals surface area contributed by atoms with Crippen LogP contribution in [0.1, 0.15) is 24.9 Å². The standard InChI is InChI=1S/C17H23N5O2/c1-2-16-20-6-8-21(16)7-3-17(24)22-11-13(15(23)12-22)9-14-10-18-4-5-19-14/h4-6,8,10,13,15,23H,2-3,7,9,11-12H2,1H3/t13-,15-/m1/s1. The highest BCUT2D eigenvalue weighted by Crippen LogP contribution is 2.21. The van der Waals surface area contributed by atoms with Crippen molar-refractivity contribution in [2.24, 2.45) is 5.92 Å². The molecule has 1 aliphatic rings. The third-order valence-corrected chi connectivity index (χ3v) is 4.53. The molecule has 1 N–H and O–H groups in total. The minimum atomic E-state index is -0.504. The summed E-state index contributed by atoms with van der Waals surface area (Å²) in [5.41, 5.74) is 0.849. The molecule has 3 rings (SSSR count). The predicted molar refractivity (Wildman–Crippen MR) is 88.0 cm³/mol. The van der Waals surface area contributed by atoms with Gasteiger partial charge in [-0.05, 0) is 6.42 Å². The molecule has 0 aromatic carbocycles. The number of rotatable bonds is 6. The van der Waals surface area contributed by atoms with Crippen molar-refractivity contribution in [2.75, 3.05) is 13.1 Å². The van der Waals surface area contributed by atoms with Crippen molar-refractivity contribution in [3.05, 3.63) is 42.5 Å². The molecule has 128 valence electrons. The van der Waals surface area contributed by atoms with Crippen molar-refractivity contribution < 1.29 is 9.90 Å². The lowest BCUT2D eigenvalue weighted by molar-refractivity contribution is -0.130. The van der Waals surface area contributed by atoms with Crippen molar-refractivity contribution in [3.63, 3.8) is 0 Å². The number of imidazole rings is 1. The van der Waals surface area contributed by atoms with E-state index >= 15 is 0 Å². The van der Waals surface area contributed by atoms with Gasteiger partial charge in [-0.25, -0.2) is 4.98 Å². The number of aryl methyl sites for hydroxylation is 2. The monoisotopic (exact) mass is 329 g/mol. The largest absolute Gasteiger partial charge is 0.391 e. The first-order valence-corrected chi connectivity index (χ1v) is 8.38. The van der Waals surface area contributed by atoms with Crippen LogP contribution in [0.25, 0.3) is 0 Å². The molecule has 1 amide bonds. The zero-order chi connectivity index (χ0) is 16.9. The number of nitrogens with zero attached hydrogens (tertiary/aromatic N) is 5. The molecule has 1 fully saturated rings. The van der Waals surface area contributed by atoms with E-state index in [9.17, 15) is 9.90 Å². The van der Waals surface area contributed by atoms with Gasteiger partial charge in [0, 0.05) is 69.4 Å². The Morgan fingerprint density at radius 3 is 2.92 bits per heavy atom. The fourth-order valence-corrected chi connectivity index (χ4v) is 3.19. The summed E-state index contributed by atoms with van der Waals surface area (Å²) in [6.07, 6.45) is 10.1. The van der Waals surface area contributed by atoms with E-state index < -0.39 is 6.10 Å². The number of aliphatic hydroxyl groups is 1. The van der Waals surface area contributed by atoms with Crippen molar-refractivity contribution in [2.45, 2.75) is 38.8 Å². The molecule has 0 bridgehead atoms. The van der Waals surface area contributed by atoms with E-state index in [1.54, 1.807) is 29.7 Å². The van der Waals surface area contributed by atoms with Gasteiger partial charge in [-0.15, -0.1) is 0 Å². The first-order valence-electron chi connectivity index (χ1n) is 8.38. The number of hydrogen-bond acceptors (Lipinski definition) is 5. The Labute approximate surface area is 141 Å². The quantitative estimate of drug-likeness (QED) is 0.843. The van der Waals surface area contributed by atoms with Crippen LogP contribution in [0.15, 0.2) is 31.0 Å². The Kier molecular flexibility index (Phi) is 5.20. The summed E-state index contributed by atoms with van der Waals surface area (Å²) in [5.74, 6) is 1.08. The molecule has 24 heavy (non-hydrogen) atoms. The van der Waals surface area contributed by atoms with Gasteiger partial charge in [0.1, 0.15) is 5.82 Å². The molecule has 7 nitrogen and oxygen atoms in total. The topological polar surface area (TPSA) is 84.1 Å². The fourth-order valence-electron chi connectivity index (χ4n) is 3.19. The van der Waals surface area contributed by atoms with Crippen LogP contribution >= 0.6 is 0 Å². The number of carbonyl (C=O) groups is 1. The van der Waals surface area contributed by atoms with E-state index in [1.165, 1.54) is 0 Å². The molecule has 0 radical (unpaired) electrons. The molecule has 0 spiro atoms. The smallest absolute Gasteiger partial charge is 0.224 e. The van der Waals surface area contributed by atoms with E-state index in [-0.39, 0.29) is 11.8 Å². The summed E-state index contributed by atoms with van der Waals surface area (Å²) in [4.78, 5) is 26.8. The molecule has 1 saturated heterocycles.